The van der Waals surface area contributed by atoms with Crippen LogP contribution in [-0.2, 0) is 25.6 Å². The Hall–Kier alpha value is -3.36. The average molecular weight is 657 g/mol. The summed E-state index contributed by atoms with van der Waals surface area (Å²) in [5.41, 5.74) is 2.56. The Morgan fingerprint density at radius 2 is 1.73 bits per heavy atom. The van der Waals surface area contributed by atoms with E-state index in [4.69, 9.17) is 5.73 Å². The minimum atomic E-state index is -2.72. The third-order valence-corrected chi connectivity index (χ3v) is 8.87. The lowest BCUT2D eigenvalue weighted by atomic mass is 9.57. The van der Waals surface area contributed by atoms with Gasteiger partial charge in [0.1, 0.15) is 22.8 Å². The summed E-state index contributed by atoms with van der Waals surface area (Å²) in [7, 11) is 6.61. The molecule has 1 aromatic rings. The van der Waals surface area contributed by atoms with Crippen molar-refractivity contribution < 1.29 is 39.6 Å². The molecule has 0 aromatic heterocycles. The first kappa shape index (κ1) is 35.1. The second-order valence-corrected chi connectivity index (χ2v) is 12.1. The normalized spacial score (nSPS) is 25.8. The van der Waals surface area contributed by atoms with Gasteiger partial charge < -0.3 is 41.7 Å². The lowest BCUT2D eigenvalue weighted by molar-refractivity contribution is -0.153. The standard InChI is InChI=1S/C29H37N5O8.2ClH/c1-33(2)17-9-16(32-18(35)11-31-10-12-5-6-12)23(36)20-14(17)7-13-8-15-22(34(3)4)25(38)21(28(30)41)27(40)29(15,42)26(39)19(13)24(20)37;;/h9,12-13,15,22,31,36-37,40,42H,5-8,10-11H2,1-4H3,(H2,30,41)(H,32,35);2*1H/t13?,15?,22-,29-;;/m0../s1. The number of carbonyl (C=O) groups is 4. The maximum absolute atomic E-state index is 14.0. The third-order valence-electron chi connectivity index (χ3n) is 8.87. The smallest absolute Gasteiger partial charge is 0.255 e. The van der Waals surface area contributed by atoms with Gasteiger partial charge in [-0.05, 0) is 69.8 Å². The number of benzene rings is 1. The third kappa shape index (κ3) is 5.51. The van der Waals surface area contributed by atoms with Crippen molar-refractivity contribution in [2.75, 3.05) is 51.5 Å². The predicted molar refractivity (Wildman–Crippen MR) is 167 cm³/mol. The molecular formula is C29H39Cl2N5O8. The largest absolute Gasteiger partial charge is 0.508 e. The van der Waals surface area contributed by atoms with Crippen LogP contribution in [0.3, 0.4) is 0 Å². The molecule has 13 nitrogen and oxygen atoms in total. The Bertz CT molecular complexity index is 1470. The van der Waals surface area contributed by atoms with Crippen LogP contribution in [0.2, 0.25) is 0 Å². The fourth-order valence-electron chi connectivity index (χ4n) is 6.69. The summed E-state index contributed by atoms with van der Waals surface area (Å²) in [6, 6.07) is 0.433. The molecule has 0 spiro atoms. The molecule has 1 aromatic carbocycles. The summed E-state index contributed by atoms with van der Waals surface area (Å²) in [4.78, 5) is 55.3. The highest BCUT2D eigenvalue weighted by Gasteiger charge is 2.64. The van der Waals surface area contributed by atoms with E-state index >= 15 is 0 Å². The number of nitrogens with two attached hydrogens (primary N) is 1. The molecule has 2 saturated carbocycles. The highest BCUT2D eigenvalue weighted by atomic mass is 35.5. The molecule has 0 radical (unpaired) electrons. The van der Waals surface area contributed by atoms with Gasteiger partial charge in [0.05, 0.1) is 23.8 Å². The van der Waals surface area contributed by atoms with Gasteiger partial charge in [0.15, 0.2) is 11.4 Å². The molecule has 2 unspecified atom stereocenters. The molecule has 44 heavy (non-hydrogen) atoms. The fraction of sp³-hybridized carbons (Fsp3) is 0.517. The van der Waals surface area contributed by atoms with Crippen LogP contribution in [-0.4, -0.2) is 102 Å². The average Bonchev–Trinajstić information content (AvgIpc) is 3.71. The molecule has 2 amide bonds. The molecule has 4 aliphatic carbocycles. The Morgan fingerprint density at radius 3 is 2.27 bits per heavy atom. The number of Topliss-reactive ketones (excluding diaryl/α,β-unsaturated/α-hetero) is 2. The molecule has 4 aliphatic rings. The van der Waals surface area contributed by atoms with E-state index in [1.54, 1.807) is 39.2 Å². The topological polar surface area (TPSA) is 206 Å². The van der Waals surface area contributed by atoms with Crippen LogP contribution >= 0.6 is 24.8 Å². The van der Waals surface area contributed by atoms with E-state index in [9.17, 15) is 39.6 Å². The quantitative estimate of drug-likeness (QED) is 0.154. The number of phenolic OH excluding ortho intramolecular Hbond substituents is 1. The van der Waals surface area contributed by atoms with Crippen LogP contribution in [0.1, 0.15) is 30.4 Å². The van der Waals surface area contributed by atoms with Crippen molar-refractivity contribution in [3.05, 3.63) is 34.1 Å². The van der Waals surface area contributed by atoms with Crippen LogP contribution in [0.5, 0.6) is 5.75 Å². The zero-order valence-electron chi connectivity index (χ0n) is 24.8. The summed E-state index contributed by atoms with van der Waals surface area (Å²) < 4.78 is 0. The number of fused-ring (bicyclic) bond motifs is 3. The number of phenols is 1. The van der Waals surface area contributed by atoms with Gasteiger partial charge >= 0.3 is 0 Å². The first-order valence-electron chi connectivity index (χ1n) is 13.9. The summed E-state index contributed by atoms with van der Waals surface area (Å²) in [6.45, 7) is 0.734. The number of nitrogens with one attached hydrogen (secondary N) is 2. The molecule has 8 N–H and O–H groups in total. The number of primary amides is 1. The van der Waals surface area contributed by atoms with Gasteiger partial charge in [-0.15, -0.1) is 24.8 Å². The van der Waals surface area contributed by atoms with Crippen molar-refractivity contribution in [3.8, 4) is 5.75 Å². The van der Waals surface area contributed by atoms with Crippen LogP contribution in [0.15, 0.2) is 23.0 Å². The SMILES string of the molecule is CN(C)c1cc(NC(=O)CNCC2CC2)c(O)c2c1CC1CC3[C@H](N(C)C)C(=O)C(C(N)=O)=C(O)[C@@]3(O)C(=O)C1=C2O.Cl.Cl. The Labute approximate surface area is 267 Å². The zero-order chi connectivity index (χ0) is 30.8. The number of carbonyl (C=O) groups excluding carboxylic acids is 4. The van der Waals surface area contributed by atoms with Crippen molar-refractivity contribution in [1.82, 2.24) is 10.2 Å². The number of halogens is 2. The van der Waals surface area contributed by atoms with E-state index in [2.05, 4.69) is 10.6 Å². The van der Waals surface area contributed by atoms with E-state index in [0.29, 0.717) is 23.7 Å². The summed E-state index contributed by atoms with van der Waals surface area (Å²) in [5.74, 6) is -7.10. The van der Waals surface area contributed by atoms with E-state index < -0.39 is 69.7 Å². The Morgan fingerprint density at radius 1 is 1.09 bits per heavy atom. The highest BCUT2D eigenvalue weighted by Crippen LogP contribution is 2.54. The monoisotopic (exact) mass is 655 g/mol. The van der Waals surface area contributed by atoms with Crippen LogP contribution in [0, 0.1) is 17.8 Å². The van der Waals surface area contributed by atoms with Crippen LogP contribution in [0.4, 0.5) is 11.4 Å². The first-order valence-corrected chi connectivity index (χ1v) is 13.9. The number of hydrogen-bond acceptors (Lipinski definition) is 11. The minimum Gasteiger partial charge on any atom is -0.508 e. The maximum Gasteiger partial charge on any atom is 0.255 e. The van der Waals surface area contributed by atoms with Gasteiger partial charge in [-0.3, -0.25) is 24.1 Å². The number of nitrogens with zero attached hydrogens (tertiary/aromatic N) is 2. The van der Waals surface area contributed by atoms with Gasteiger partial charge in [0.2, 0.25) is 11.7 Å². The lowest BCUT2D eigenvalue weighted by Gasteiger charge is -2.50. The van der Waals surface area contributed by atoms with E-state index in [-0.39, 0.29) is 61.0 Å². The molecule has 0 heterocycles. The molecule has 4 atom stereocenters. The van der Waals surface area contributed by atoms with Gasteiger partial charge in [0.25, 0.3) is 5.91 Å². The maximum atomic E-state index is 14.0. The number of rotatable bonds is 8. The van der Waals surface area contributed by atoms with Gasteiger partial charge in [0, 0.05) is 31.3 Å². The second-order valence-electron chi connectivity index (χ2n) is 12.1. The van der Waals surface area contributed by atoms with Crippen LogP contribution < -0.4 is 21.3 Å². The molecule has 0 bridgehead atoms. The summed E-state index contributed by atoms with van der Waals surface area (Å²) >= 11 is 0. The number of ketones is 2. The number of aliphatic hydroxyl groups is 3. The summed E-state index contributed by atoms with van der Waals surface area (Å²) in [6.07, 6.45) is 2.39. The number of likely N-dealkylation sites (N-methyl/N-ethyl adjacent to an activating group) is 1. The number of amides is 2. The van der Waals surface area contributed by atoms with E-state index in [0.717, 1.165) is 12.8 Å². The van der Waals surface area contributed by atoms with E-state index in [1.165, 1.54) is 4.90 Å². The number of anilines is 2. The molecule has 15 heteroatoms. The van der Waals surface area contributed by atoms with Crippen molar-refractivity contribution in [1.29, 1.82) is 0 Å². The van der Waals surface area contributed by atoms with Crippen molar-refractivity contribution in [2.45, 2.75) is 37.3 Å². The molecule has 5 rings (SSSR count). The van der Waals surface area contributed by atoms with E-state index in [1.807, 2.05) is 0 Å². The fourth-order valence-corrected chi connectivity index (χ4v) is 6.69. The second kappa shape index (κ2) is 12.6. The Balaban J connectivity index is 0.00000264. The van der Waals surface area contributed by atoms with Gasteiger partial charge in [-0.2, -0.15) is 0 Å². The van der Waals surface area contributed by atoms with Gasteiger partial charge in [-0.25, -0.2) is 0 Å². The Kier molecular flexibility index (Phi) is 10.0. The van der Waals surface area contributed by atoms with Crippen molar-refractivity contribution in [3.63, 3.8) is 0 Å². The first-order chi connectivity index (χ1) is 19.7. The van der Waals surface area contributed by atoms with Crippen molar-refractivity contribution in [2.24, 2.45) is 23.5 Å². The number of aromatic hydroxyl groups is 1. The van der Waals surface area contributed by atoms with Gasteiger partial charge in [-0.1, -0.05) is 0 Å². The zero-order valence-corrected chi connectivity index (χ0v) is 26.5. The lowest BCUT2D eigenvalue weighted by Crippen LogP contribution is -2.65. The van der Waals surface area contributed by atoms with Crippen LogP contribution in [0.25, 0.3) is 5.76 Å². The van der Waals surface area contributed by atoms with Crippen molar-refractivity contribution >= 4 is 65.3 Å². The highest BCUT2D eigenvalue weighted by molar-refractivity contribution is 6.24. The molecule has 0 aliphatic heterocycles. The number of hydrogen-bond donors (Lipinski definition) is 7. The number of aliphatic hydroxyl groups excluding tert-OH is 2. The molecule has 0 saturated heterocycles. The molecular weight excluding hydrogens is 617 g/mol. The molecule has 2 fully saturated rings. The summed E-state index contributed by atoms with van der Waals surface area (Å²) in [5, 5.41) is 51.3. The molecule has 242 valence electrons. The predicted octanol–water partition coefficient (Wildman–Crippen LogP) is 0.812. The minimum absolute atomic E-state index is 0.